The number of carbonyl (C=O) groups is 2. The van der Waals surface area contributed by atoms with Crippen molar-refractivity contribution in [3.63, 3.8) is 0 Å². The van der Waals surface area contributed by atoms with Crippen molar-refractivity contribution in [2.24, 2.45) is 0 Å². The second-order valence-corrected chi connectivity index (χ2v) is 7.83. The first-order chi connectivity index (χ1) is 13.9. The maximum atomic E-state index is 12.6. The minimum absolute atomic E-state index is 0.0216. The first-order valence-electron chi connectivity index (χ1n) is 8.97. The number of amides is 1. The maximum absolute atomic E-state index is 12.6. The normalized spacial score (nSPS) is 10.8. The van der Waals surface area contributed by atoms with E-state index < -0.39 is 10.0 Å². The third-order valence-corrected chi connectivity index (χ3v) is 5.45. The molecule has 0 unspecified atom stereocenters. The van der Waals surface area contributed by atoms with Crippen LogP contribution in [-0.2, 0) is 19.6 Å². The van der Waals surface area contributed by atoms with Crippen LogP contribution in [0.15, 0.2) is 53.4 Å². The number of nitrogens with one attached hydrogen (secondary N) is 2. The molecule has 0 aliphatic heterocycles. The highest BCUT2D eigenvalue weighted by Crippen LogP contribution is 2.20. The summed E-state index contributed by atoms with van der Waals surface area (Å²) in [7, 11) is -1.00. The van der Waals surface area contributed by atoms with E-state index in [1.807, 2.05) is 0 Å². The van der Waals surface area contributed by atoms with Crippen LogP contribution in [0.5, 0.6) is 5.75 Å². The SMILES string of the molecule is COC(=O)CCCCNC(=O)c1cccc(S(=O)(=O)Nc2ccc(OC)cc2)c1. The minimum Gasteiger partial charge on any atom is -0.497 e. The Labute approximate surface area is 170 Å². The van der Waals surface area contributed by atoms with Crippen LogP contribution in [0.1, 0.15) is 29.6 Å². The van der Waals surface area contributed by atoms with Crippen LogP contribution in [0.2, 0.25) is 0 Å². The highest BCUT2D eigenvalue weighted by molar-refractivity contribution is 7.92. The summed E-state index contributed by atoms with van der Waals surface area (Å²) in [4.78, 5) is 23.3. The molecule has 2 rings (SSSR count). The van der Waals surface area contributed by atoms with Crippen LogP contribution in [0.4, 0.5) is 5.69 Å². The molecular weight excluding hydrogens is 396 g/mol. The number of methoxy groups -OCH3 is 2. The van der Waals surface area contributed by atoms with Gasteiger partial charge in [0, 0.05) is 24.2 Å². The molecule has 8 nitrogen and oxygen atoms in total. The van der Waals surface area contributed by atoms with Crippen molar-refractivity contribution < 1.29 is 27.5 Å². The number of hydrogen-bond acceptors (Lipinski definition) is 6. The van der Waals surface area contributed by atoms with E-state index in [4.69, 9.17) is 4.74 Å². The molecule has 0 atom stereocenters. The Balaban J connectivity index is 1.97. The molecule has 0 fully saturated rings. The molecule has 2 aromatic rings. The number of hydrogen-bond donors (Lipinski definition) is 2. The summed E-state index contributed by atoms with van der Waals surface area (Å²) in [6.45, 7) is 0.372. The van der Waals surface area contributed by atoms with E-state index in [0.29, 0.717) is 30.8 Å². The molecule has 1 amide bonds. The monoisotopic (exact) mass is 420 g/mol. The third kappa shape index (κ3) is 6.79. The molecule has 0 aliphatic rings. The molecule has 0 saturated heterocycles. The number of benzene rings is 2. The van der Waals surface area contributed by atoms with Crippen molar-refractivity contribution in [3.8, 4) is 5.75 Å². The Morgan fingerprint density at radius 3 is 2.38 bits per heavy atom. The van der Waals surface area contributed by atoms with Gasteiger partial charge in [-0.1, -0.05) is 6.07 Å². The number of carbonyl (C=O) groups excluding carboxylic acids is 2. The van der Waals surface area contributed by atoms with Crippen molar-refractivity contribution >= 4 is 27.6 Å². The van der Waals surface area contributed by atoms with E-state index in [1.165, 1.54) is 38.5 Å². The fraction of sp³-hybridized carbons (Fsp3) is 0.300. The Kier molecular flexibility index (Phi) is 8.02. The van der Waals surface area contributed by atoms with Gasteiger partial charge in [0.1, 0.15) is 5.75 Å². The lowest BCUT2D eigenvalue weighted by molar-refractivity contribution is -0.140. The number of sulfonamides is 1. The summed E-state index contributed by atoms with van der Waals surface area (Å²) in [5.74, 6) is -0.0682. The predicted molar refractivity (Wildman–Crippen MR) is 108 cm³/mol. The Morgan fingerprint density at radius 1 is 1.00 bits per heavy atom. The van der Waals surface area contributed by atoms with Crippen LogP contribution >= 0.6 is 0 Å². The smallest absolute Gasteiger partial charge is 0.305 e. The summed E-state index contributed by atoms with van der Waals surface area (Å²) in [5, 5.41) is 2.71. The zero-order valence-corrected chi connectivity index (χ0v) is 17.1. The Bertz CT molecular complexity index is 942. The molecule has 2 N–H and O–H groups in total. The average Bonchev–Trinajstić information content (AvgIpc) is 2.73. The molecule has 0 aliphatic carbocycles. The molecule has 0 aromatic heterocycles. The van der Waals surface area contributed by atoms with Gasteiger partial charge >= 0.3 is 5.97 Å². The van der Waals surface area contributed by atoms with E-state index in [0.717, 1.165) is 0 Å². The summed E-state index contributed by atoms with van der Waals surface area (Å²) in [6, 6.07) is 12.2. The second-order valence-electron chi connectivity index (χ2n) is 6.15. The van der Waals surface area contributed by atoms with Crippen molar-refractivity contribution in [2.45, 2.75) is 24.2 Å². The zero-order valence-electron chi connectivity index (χ0n) is 16.3. The Hall–Kier alpha value is -3.07. The van der Waals surface area contributed by atoms with Crippen molar-refractivity contribution in [1.82, 2.24) is 5.32 Å². The maximum Gasteiger partial charge on any atom is 0.305 e. The van der Waals surface area contributed by atoms with Gasteiger partial charge in [-0.2, -0.15) is 0 Å². The quantitative estimate of drug-likeness (QED) is 0.451. The van der Waals surface area contributed by atoms with Crippen molar-refractivity contribution in [2.75, 3.05) is 25.5 Å². The molecule has 0 bridgehead atoms. The van der Waals surface area contributed by atoms with Crippen LogP contribution in [-0.4, -0.2) is 41.1 Å². The van der Waals surface area contributed by atoms with E-state index in [9.17, 15) is 18.0 Å². The first-order valence-corrected chi connectivity index (χ1v) is 10.5. The highest BCUT2D eigenvalue weighted by atomic mass is 32.2. The van der Waals surface area contributed by atoms with Gasteiger partial charge in [0.25, 0.3) is 15.9 Å². The van der Waals surface area contributed by atoms with Gasteiger partial charge in [0.05, 0.1) is 19.1 Å². The molecule has 0 radical (unpaired) electrons. The summed E-state index contributed by atoms with van der Waals surface area (Å²) >= 11 is 0. The van der Waals surface area contributed by atoms with Gasteiger partial charge < -0.3 is 14.8 Å². The molecule has 9 heteroatoms. The van der Waals surface area contributed by atoms with Crippen LogP contribution in [0, 0.1) is 0 Å². The fourth-order valence-corrected chi connectivity index (χ4v) is 3.58. The van der Waals surface area contributed by atoms with Gasteiger partial charge in [-0.15, -0.1) is 0 Å². The number of esters is 1. The summed E-state index contributed by atoms with van der Waals surface area (Å²) in [6.07, 6.45) is 1.49. The van der Waals surface area contributed by atoms with Crippen molar-refractivity contribution in [1.29, 1.82) is 0 Å². The molecule has 0 heterocycles. The minimum atomic E-state index is -3.85. The number of unbranched alkanes of at least 4 members (excludes halogenated alkanes) is 1. The topological polar surface area (TPSA) is 111 Å². The van der Waals surface area contributed by atoms with Gasteiger partial charge in [-0.05, 0) is 55.3 Å². The standard InChI is InChI=1S/C20H24N2O6S/c1-27-17-11-9-16(10-12-17)22-29(25,26)18-7-5-6-15(14-18)20(24)21-13-4-3-8-19(23)28-2/h5-7,9-12,14,22H,3-4,8,13H2,1-2H3,(H,21,24). The average molecular weight is 420 g/mol. The third-order valence-electron chi connectivity index (χ3n) is 4.07. The first kappa shape index (κ1) is 22.2. The predicted octanol–water partition coefficient (Wildman–Crippen LogP) is 2.57. The van der Waals surface area contributed by atoms with Crippen LogP contribution in [0.3, 0.4) is 0 Å². The van der Waals surface area contributed by atoms with E-state index in [-0.39, 0.29) is 28.8 Å². The molecule has 2 aromatic carbocycles. The van der Waals surface area contributed by atoms with Crippen molar-refractivity contribution in [3.05, 3.63) is 54.1 Å². The van der Waals surface area contributed by atoms with E-state index >= 15 is 0 Å². The van der Waals surface area contributed by atoms with E-state index in [2.05, 4.69) is 14.8 Å². The fourth-order valence-electron chi connectivity index (χ4n) is 2.48. The lowest BCUT2D eigenvalue weighted by Gasteiger charge is -2.10. The molecule has 29 heavy (non-hydrogen) atoms. The molecular formula is C20H24N2O6S. The number of ether oxygens (including phenoxy) is 2. The molecule has 0 saturated carbocycles. The van der Waals surface area contributed by atoms with Gasteiger partial charge in [-0.25, -0.2) is 8.42 Å². The lowest BCUT2D eigenvalue weighted by Crippen LogP contribution is -2.25. The zero-order chi connectivity index (χ0) is 21.3. The van der Waals surface area contributed by atoms with Gasteiger partial charge in [0.15, 0.2) is 0 Å². The van der Waals surface area contributed by atoms with E-state index in [1.54, 1.807) is 24.3 Å². The largest absolute Gasteiger partial charge is 0.497 e. The van der Waals surface area contributed by atoms with Crippen LogP contribution in [0.25, 0.3) is 0 Å². The van der Waals surface area contributed by atoms with Crippen LogP contribution < -0.4 is 14.8 Å². The Morgan fingerprint density at radius 2 is 1.72 bits per heavy atom. The summed E-state index contributed by atoms with van der Waals surface area (Å²) < 4.78 is 37.3. The van der Waals surface area contributed by atoms with Gasteiger partial charge in [0.2, 0.25) is 0 Å². The van der Waals surface area contributed by atoms with Gasteiger partial charge in [-0.3, -0.25) is 14.3 Å². The number of rotatable bonds is 10. The lowest BCUT2D eigenvalue weighted by atomic mass is 10.2. The molecule has 0 spiro atoms. The highest BCUT2D eigenvalue weighted by Gasteiger charge is 2.16. The summed E-state index contributed by atoms with van der Waals surface area (Å²) in [5.41, 5.74) is 0.613. The molecule has 156 valence electrons. The number of anilines is 1. The second kappa shape index (κ2) is 10.5.